The molecule has 1 fully saturated rings. The quantitative estimate of drug-likeness (QED) is 0.0978. The molecule has 1 aliphatic heterocycles. The number of aliphatic hydroxyl groups excluding tert-OH is 1. The van der Waals surface area contributed by atoms with Gasteiger partial charge >= 0.3 is 23.5 Å². The predicted octanol–water partition coefficient (Wildman–Crippen LogP) is 1.15. The first-order chi connectivity index (χ1) is 17.5. The first-order valence-corrected chi connectivity index (χ1v) is 14.7. The minimum Gasteiger partial charge on any atom is -0.476 e. The molecule has 20 nitrogen and oxygen atoms in total. The van der Waals surface area contributed by atoms with Gasteiger partial charge in [0.15, 0.2) is 23.6 Å². The second-order valence-electron chi connectivity index (χ2n) is 7.55. The van der Waals surface area contributed by atoms with Gasteiger partial charge < -0.3 is 34.2 Å². The predicted molar refractivity (Wildman–Crippen MR) is 119 cm³/mol. The Morgan fingerprint density at radius 2 is 1.92 bits per heavy atom. The summed E-state index contributed by atoms with van der Waals surface area (Å²) in [6.45, 7) is 1.25. The van der Waals surface area contributed by atoms with Crippen LogP contribution < -0.4 is 4.74 Å². The van der Waals surface area contributed by atoms with Gasteiger partial charge in [-0.2, -0.15) is 13.6 Å². The minimum atomic E-state index is -5.86. The minimum absolute atomic E-state index is 0.0215. The van der Waals surface area contributed by atoms with Crippen LogP contribution in [0.5, 0.6) is 5.88 Å². The summed E-state index contributed by atoms with van der Waals surface area (Å²) < 4.78 is 73.7. The lowest BCUT2D eigenvalue weighted by Crippen LogP contribution is -2.48. The van der Waals surface area contributed by atoms with Crippen LogP contribution in [0.3, 0.4) is 0 Å². The number of hydrogen-bond donors (Lipinski definition) is 5. The maximum atomic E-state index is 15.4. The number of aromatic nitrogens is 4. The van der Waals surface area contributed by atoms with Gasteiger partial charge in [0, 0.05) is 4.91 Å². The molecule has 6 atom stereocenters. The number of aliphatic hydroxyl groups is 1. The first kappa shape index (κ1) is 30.5. The van der Waals surface area contributed by atoms with Gasteiger partial charge in [0.2, 0.25) is 5.88 Å². The maximum Gasteiger partial charge on any atom is 0.490 e. The van der Waals surface area contributed by atoms with E-state index in [-0.39, 0.29) is 29.5 Å². The van der Waals surface area contributed by atoms with Crippen LogP contribution >= 0.6 is 23.5 Å². The summed E-state index contributed by atoms with van der Waals surface area (Å²) in [5, 5.41) is 13.9. The van der Waals surface area contributed by atoms with Crippen LogP contribution in [0.4, 0.5) is 4.39 Å². The molecule has 3 rings (SSSR count). The average molecular weight is 607 g/mol. The molecule has 0 aromatic carbocycles. The number of imidazole rings is 1. The van der Waals surface area contributed by atoms with Crippen molar-refractivity contribution in [3.8, 4) is 5.88 Å². The fraction of sp³-hybridized carbons (Fsp3) is 0.643. The van der Waals surface area contributed by atoms with Crippen molar-refractivity contribution in [1.82, 2.24) is 19.5 Å². The van der Waals surface area contributed by atoms with Gasteiger partial charge in [-0.1, -0.05) is 5.11 Å². The molecule has 24 heteroatoms. The Balaban J connectivity index is 1.92. The number of halogens is 1. The smallest absolute Gasteiger partial charge is 0.476 e. The van der Waals surface area contributed by atoms with E-state index >= 15 is 4.39 Å². The Hall–Kier alpha value is -2.08. The lowest BCUT2D eigenvalue weighted by Gasteiger charge is -2.30. The average Bonchev–Trinajstić information content (AvgIpc) is 3.29. The van der Waals surface area contributed by atoms with Crippen molar-refractivity contribution in [2.75, 3.05) is 19.8 Å². The third-order valence-electron chi connectivity index (χ3n) is 4.81. The van der Waals surface area contributed by atoms with Crippen molar-refractivity contribution in [2.24, 2.45) is 5.11 Å². The lowest BCUT2D eigenvalue weighted by molar-refractivity contribution is -0.118. The van der Waals surface area contributed by atoms with Crippen LogP contribution in [0.15, 0.2) is 11.4 Å². The van der Waals surface area contributed by atoms with Crippen LogP contribution in [0.1, 0.15) is 19.0 Å². The molecule has 2 aromatic rings. The number of phosphoric ester groups is 1. The molecule has 212 valence electrons. The SMILES string of the molecule is CCOc1nc(C)nc2c1ncn2[C@@H]1O[C@](CN=[N+]=[N-])(COP(=O)(O)OP(=O)(O)OP(=O)(O)O)[C@@H](O)[C@H]1F. The number of phosphoric acid groups is 3. The molecule has 38 heavy (non-hydrogen) atoms. The second-order valence-corrected chi connectivity index (χ2v) is 12.0. The van der Waals surface area contributed by atoms with E-state index in [1.54, 1.807) is 6.92 Å². The topological polar surface area (TPSA) is 291 Å². The summed E-state index contributed by atoms with van der Waals surface area (Å²) in [5.74, 6) is 0.292. The summed E-state index contributed by atoms with van der Waals surface area (Å²) in [6, 6.07) is 0. The monoisotopic (exact) mass is 607 g/mol. The number of nitrogens with zero attached hydrogens (tertiary/aromatic N) is 7. The molecule has 5 N–H and O–H groups in total. The molecular formula is C14H21FN7O13P3. The van der Waals surface area contributed by atoms with Gasteiger partial charge in [0.25, 0.3) is 0 Å². The summed E-state index contributed by atoms with van der Waals surface area (Å²) in [4.78, 5) is 51.1. The highest BCUT2D eigenvalue weighted by Gasteiger charge is 2.57. The molecule has 2 aromatic heterocycles. The highest BCUT2D eigenvalue weighted by Crippen LogP contribution is 2.66. The van der Waals surface area contributed by atoms with Crippen molar-refractivity contribution in [1.29, 1.82) is 0 Å². The highest BCUT2D eigenvalue weighted by molar-refractivity contribution is 7.66. The number of rotatable bonds is 12. The van der Waals surface area contributed by atoms with Gasteiger partial charge in [-0.3, -0.25) is 9.09 Å². The molecule has 0 spiro atoms. The summed E-state index contributed by atoms with van der Waals surface area (Å²) >= 11 is 0. The van der Waals surface area contributed by atoms with Gasteiger partial charge in [0.05, 0.1) is 26.1 Å². The normalized spacial score (nSPS) is 27.0. The molecule has 0 radical (unpaired) electrons. The number of hydrogen-bond acceptors (Lipinski definition) is 13. The van der Waals surface area contributed by atoms with Gasteiger partial charge in [-0.05, 0) is 19.4 Å². The zero-order valence-electron chi connectivity index (χ0n) is 19.3. The van der Waals surface area contributed by atoms with Crippen LogP contribution in [0.2, 0.25) is 0 Å². The number of ether oxygens (including phenoxy) is 2. The zero-order valence-corrected chi connectivity index (χ0v) is 22.0. The van der Waals surface area contributed by atoms with Crippen LogP contribution in [0, 0.1) is 6.92 Å². The fourth-order valence-electron chi connectivity index (χ4n) is 3.39. The van der Waals surface area contributed by atoms with Gasteiger partial charge in [0.1, 0.15) is 17.5 Å². The van der Waals surface area contributed by atoms with E-state index in [0.29, 0.717) is 0 Å². The Bertz CT molecular complexity index is 1380. The van der Waals surface area contributed by atoms with E-state index in [1.165, 1.54) is 6.92 Å². The zero-order chi connectivity index (χ0) is 28.5. The van der Waals surface area contributed by atoms with Gasteiger partial charge in [-0.15, -0.1) is 0 Å². The molecule has 0 aliphatic carbocycles. The van der Waals surface area contributed by atoms with Crippen LogP contribution in [0.25, 0.3) is 21.6 Å². The van der Waals surface area contributed by atoms with Gasteiger partial charge in [-0.25, -0.2) is 28.1 Å². The summed E-state index contributed by atoms with van der Waals surface area (Å²) in [7, 11) is -17.2. The second kappa shape index (κ2) is 11.2. The number of fused-ring (bicyclic) bond motifs is 1. The maximum absolute atomic E-state index is 15.4. The van der Waals surface area contributed by atoms with Crippen LogP contribution in [-0.2, 0) is 31.6 Å². The third kappa shape index (κ3) is 6.91. The summed E-state index contributed by atoms with van der Waals surface area (Å²) in [6.07, 6.45) is -5.14. The van der Waals surface area contributed by atoms with Crippen molar-refractivity contribution >= 4 is 34.6 Å². The Labute approximate surface area is 211 Å². The fourth-order valence-corrected chi connectivity index (χ4v) is 6.47. The summed E-state index contributed by atoms with van der Waals surface area (Å²) in [5.41, 5.74) is 6.49. The van der Waals surface area contributed by atoms with Crippen molar-refractivity contribution < 1.29 is 65.4 Å². The standard InChI is InChI=1S/C14H21FN7O13P3/c1-3-31-12-9-11(19-7(2)20-12)22(6-17-9)13-8(15)10(23)14(33-13,4-18-21-16)5-32-37(27,28)35-38(29,30)34-36(24,25)26/h6,8,10,13,23H,3-5H2,1-2H3,(H,27,28)(H,29,30)(H2,24,25,26)/t8-,10+,13-,14-/m1/s1. The van der Waals surface area contributed by atoms with E-state index in [1.807, 2.05) is 0 Å². The molecule has 0 bridgehead atoms. The lowest BCUT2D eigenvalue weighted by atomic mass is 9.97. The molecule has 3 heterocycles. The van der Waals surface area contributed by atoms with Crippen LogP contribution in [-0.4, -0.2) is 81.8 Å². The molecular weight excluding hydrogens is 586 g/mol. The van der Waals surface area contributed by atoms with E-state index in [2.05, 4.69) is 38.1 Å². The molecule has 0 amide bonds. The largest absolute Gasteiger partial charge is 0.490 e. The van der Waals surface area contributed by atoms with E-state index in [4.69, 9.17) is 24.8 Å². The Morgan fingerprint density at radius 1 is 1.24 bits per heavy atom. The highest BCUT2D eigenvalue weighted by atomic mass is 31.3. The Morgan fingerprint density at radius 3 is 2.53 bits per heavy atom. The van der Waals surface area contributed by atoms with Crippen molar-refractivity contribution in [3.63, 3.8) is 0 Å². The van der Waals surface area contributed by atoms with Crippen molar-refractivity contribution in [3.05, 3.63) is 22.6 Å². The molecule has 1 saturated heterocycles. The first-order valence-electron chi connectivity index (χ1n) is 10.2. The molecule has 1 aliphatic rings. The van der Waals surface area contributed by atoms with Crippen molar-refractivity contribution in [2.45, 2.75) is 38.0 Å². The van der Waals surface area contributed by atoms with E-state index in [0.717, 1.165) is 10.9 Å². The number of azide groups is 1. The van der Waals surface area contributed by atoms with E-state index < -0.39 is 60.7 Å². The molecule has 0 saturated carbocycles. The molecule has 2 unspecified atom stereocenters. The Kier molecular flexibility index (Phi) is 8.97. The third-order valence-corrected chi connectivity index (χ3v) is 8.60. The number of alkyl halides is 1. The number of aryl methyl sites for hydroxylation is 1. The van der Waals surface area contributed by atoms with E-state index in [9.17, 15) is 28.6 Å².